The standard InChI is InChI=1S/C12H15ClN2OS/c1-8-5-9(6-11(13)14-8)12(16)15(2)10-3-4-17-7-10/h5-6,10H,3-4,7H2,1-2H3. The van der Waals surface area contributed by atoms with Crippen molar-refractivity contribution in [1.82, 2.24) is 9.88 Å². The lowest BCUT2D eigenvalue weighted by atomic mass is 10.1. The van der Waals surface area contributed by atoms with Crippen LogP contribution >= 0.6 is 23.4 Å². The van der Waals surface area contributed by atoms with E-state index < -0.39 is 0 Å². The molecule has 1 aliphatic rings. The van der Waals surface area contributed by atoms with Gasteiger partial charge in [-0.05, 0) is 31.2 Å². The molecule has 92 valence electrons. The van der Waals surface area contributed by atoms with Gasteiger partial charge in [0.2, 0.25) is 0 Å². The fourth-order valence-corrected chi connectivity index (χ4v) is 3.47. The third-order valence-electron chi connectivity index (χ3n) is 2.94. The molecular weight excluding hydrogens is 256 g/mol. The summed E-state index contributed by atoms with van der Waals surface area (Å²) >= 11 is 7.77. The molecule has 5 heteroatoms. The number of aryl methyl sites for hydroxylation is 1. The number of hydrogen-bond acceptors (Lipinski definition) is 3. The molecule has 0 N–H and O–H groups in total. The molecular formula is C12H15ClN2OS. The summed E-state index contributed by atoms with van der Waals surface area (Å²) in [4.78, 5) is 18.2. The van der Waals surface area contributed by atoms with Crippen molar-refractivity contribution < 1.29 is 4.79 Å². The minimum absolute atomic E-state index is 0.0323. The van der Waals surface area contributed by atoms with E-state index in [1.54, 1.807) is 12.1 Å². The summed E-state index contributed by atoms with van der Waals surface area (Å²) in [6.07, 6.45) is 1.07. The van der Waals surface area contributed by atoms with Gasteiger partial charge >= 0.3 is 0 Å². The average molecular weight is 271 g/mol. The molecule has 1 fully saturated rings. The second kappa shape index (κ2) is 5.27. The fourth-order valence-electron chi connectivity index (χ4n) is 1.95. The number of carbonyl (C=O) groups excluding carboxylic acids is 1. The van der Waals surface area contributed by atoms with Crippen molar-refractivity contribution in [3.63, 3.8) is 0 Å². The molecule has 0 aromatic carbocycles. The van der Waals surface area contributed by atoms with E-state index in [1.807, 2.05) is 30.6 Å². The summed E-state index contributed by atoms with van der Waals surface area (Å²) in [6.45, 7) is 1.84. The van der Waals surface area contributed by atoms with Crippen molar-refractivity contribution in [3.8, 4) is 0 Å². The molecule has 2 heterocycles. The summed E-state index contributed by atoms with van der Waals surface area (Å²) in [5.74, 6) is 2.20. The quantitative estimate of drug-likeness (QED) is 0.775. The van der Waals surface area contributed by atoms with Gasteiger partial charge in [-0.3, -0.25) is 4.79 Å². The van der Waals surface area contributed by atoms with Gasteiger partial charge in [0.25, 0.3) is 5.91 Å². The van der Waals surface area contributed by atoms with Gasteiger partial charge in [-0.25, -0.2) is 4.98 Å². The Bertz CT molecular complexity index is 412. The molecule has 1 saturated heterocycles. The first-order chi connectivity index (χ1) is 8.08. The van der Waals surface area contributed by atoms with Crippen molar-refractivity contribution in [2.75, 3.05) is 18.6 Å². The van der Waals surface area contributed by atoms with E-state index in [-0.39, 0.29) is 5.91 Å². The summed E-state index contributed by atoms with van der Waals surface area (Å²) in [7, 11) is 1.86. The Morgan fingerprint density at radius 1 is 1.59 bits per heavy atom. The lowest BCUT2D eigenvalue weighted by molar-refractivity contribution is 0.0747. The van der Waals surface area contributed by atoms with Crippen molar-refractivity contribution in [1.29, 1.82) is 0 Å². The highest BCUT2D eigenvalue weighted by molar-refractivity contribution is 7.99. The molecule has 1 atom stereocenters. The zero-order valence-corrected chi connectivity index (χ0v) is 11.5. The van der Waals surface area contributed by atoms with Crippen molar-refractivity contribution in [2.24, 2.45) is 0 Å². The number of rotatable bonds is 2. The van der Waals surface area contributed by atoms with Crippen molar-refractivity contribution in [3.05, 3.63) is 28.5 Å². The minimum Gasteiger partial charge on any atom is -0.338 e. The molecule has 1 aromatic heterocycles. The van der Waals surface area contributed by atoms with E-state index in [2.05, 4.69) is 4.98 Å². The van der Waals surface area contributed by atoms with Crippen LogP contribution in [-0.2, 0) is 0 Å². The Balaban J connectivity index is 2.17. The molecule has 0 saturated carbocycles. The first kappa shape index (κ1) is 12.7. The number of aromatic nitrogens is 1. The van der Waals surface area contributed by atoms with Crippen LogP contribution in [0.25, 0.3) is 0 Å². The largest absolute Gasteiger partial charge is 0.338 e. The Morgan fingerprint density at radius 2 is 2.35 bits per heavy atom. The van der Waals surface area contributed by atoms with Gasteiger partial charge in [0.1, 0.15) is 5.15 Å². The monoisotopic (exact) mass is 270 g/mol. The normalized spacial score (nSPS) is 19.4. The number of thioether (sulfide) groups is 1. The number of hydrogen-bond donors (Lipinski definition) is 0. The number of pyridine rings is 1. The molecule has 1 aliphatic heterocycles. The minimum atomic E-state index is 0.0323. The van der Waals surface area contributed by atoms with Gasteiger partial charge in [-0.2, -0.15) is 11.8 Å². The van der Waals surface area contributed by atoms with Crippen LogP contribution in [0.2, 0.25) is 5.15 Å². The zero-order valence-electron chi connectivity index (χ0n) is 9.94. The Hall–Kier alpha value is -0.740. The van der Waals surface area contributed by atoms with Gasteiger partial charge < -0.3 is 4.90 Å². The first-order valence-electron chi connectivity index (χ1n) is 5.57. The highest BCUT2D eigenvalue weighted by Gasteiger charge is 2.24. The van der Waals surface area contributed by atoms with Gasteiger partial charge in [-0.1, -0.05) is 11.6 Å². The van der Waals surface area contributed by atoms with Crippen molar-refractivity contribution >= 4 is 29.3 Å². The zero-order chi connectivity index (χ0) is 12.4. The average Bonchev–Trinajstić information content (AvgIpc) is 2.79. The highest BCUT2D eigenvalue weighted by Crippen LogP contribution is 2.23. The predicted octanol–water partition coefficient (Wildman–Crippen LogP) is 2.62. The second-order valence-electron chi connectivity index (χ2n) is 4.25. The van der Waals surface area contributed by atoms with Crippen LogP contribution in [0.5, 0.6) is 0 Å². The maximum Gasteiger partial charge on any atom is 0.254 e. The lowest BCUT2D eigenvalue weighted by Crippen LogP contribution is -2.37. The molecule has 3 nitrogen and oxygen atoms in total. The van der Waals surface area contributed by atoms with Crippen LogP contribution in [0.3, 0.4) is 0 Å². The van der Waals surface area contributed by atoms with Crippen LogP contribution < -0.4 is 0 Å². The molecule has 0 bridgehead atoms. The summed E-state index contributed by atoms with van der Waals surface area (Å²) in [5, 5.41) is 0.377. The van der Waals surface area contributed by atoms with E-state index in [9.17, 15) is 4.79 Å². The van der Waals surface area contributed by atoms with E-state index >= 15 is 0 Å². The van der Waals surface area contributed by atoms with Gasteiger partial charge in [0, 0.05) is 30.1 Å². The number of nitrogens with zero attached hydrogens (tertiary/aromatic N) is 2. The summed E-state index contributed by atoms with van der Waals surface area (Å²) in [5.41, 5.74) is 1.40. The predicted molar refractivity (Wildman–Crippen MR) is 71.8 cm³/mol. The molecule has 1 unspecified atom stereocenters. The molecule has 0 spiro atoms. The van der Waals surface area contributed by atoms with E-state index in [0.29, 0.717) is 16.8 Å². The van der Waals surface area contributed by atoms with Crippen LogP contribution in [-0.4, -0.2) is 40.4 Å². The number of amides is 1. The van der Waals surface area contributed by atoms with E-state index in [4.69, 9.17) is 11.6 Å². The molecule has 2 rings (SSSR count). The Kier molecular flexibility index (Phi) is 3.94. The first-order valence-corrected chi connectivity index (χ1v) is 7.10. The highest BCUT2D eigenvalue weighted by atomic mass is 35.5. The molecule has 0 aliphatic carbocycles. The number of halogens is 1. The smallest absolute Gasteiger partial charge is 0.254 e. The van der Waals surface area contributed by atoms with E-state index in [0.717, 1.165) is 23.6 Å². The maximum absolute atomic E-state index is 12.3. The SMILES string of the molecule is Cc1cc(C(=O)N(C)C2CCSC2)cc(Cl)n1. The fraction of sp³-hybridized carbons (Fsp3) is 0.500. The summed E-state index contributed by atoms with van der Waals surface area (Å²) < 4.78 is 0. The molecule has 1 amide bonds. The van der Waals surface area contributed by atoms with Crippen LogP contribution in [0.1, 0.15) is 22.5 Å². The topological polar surface area (TPSA) is 33.2 Å². The molecule has 1 aromatic rings. The van der Waals surface area contributed by atoms with Gasteiger partial charge in [0.15, 0.2) is 0 Å². The summed E-state index contributed by atoms with van der Waals surface area (Å²) in [6, 6.07) is 3.77. The van der Waals surface area contributed by atoms with Crippen LogP contribution in [0.4, 0.5) is 0 Å². The second-order valence-corrected chi connectivity index (χ2v) is 5.79. The molecule has 0 radical (unpaired) electrons. The van der Waals surface area contributed by atoms with Gasteiger partial charge in [0.05, 0.1) is 0 Å². The third-order valence-corrected chi connectivity index (χ3v) is 4.28. The lowest BCUT2D eigenvalue weighted by Gasteiger charge is -2.23. The number of carbonyl (C=O) groups is 1. The third kappa shape index (κ3) is 2.93. The maximum atomic E-state index is 12.3. The van der Waals surface area contributed by atoms with Crippen LogP contribution in [0.15, 0.2) is 12.1 Å². The van der Waals surface area contributed by atoms with Crippen LogP contribution in [0, 0.1) is 6.92 Å². The van der Waals surface area contributed by atoms with Crippen molar-refractivity contribution in [2.45, 2.75) is 19.4 Å². The van der Waals surface area contributed by atoms with Gasteiger partial charge in [-0.15, -0.1) is 0 Å². The Morgan fingerprint density at radius 3 is 2.94 bits per heavy atom. The molecule has 17 heavy (non-hydrogen) atoms. The Labute approximate surface area is 111 Å². The van der Waals surface area contributed by atoms with E-state index in [1.165, 1.54) is 0 Å².